The van der Waals surface area contributed by atoms with Crippen molar-refractivity contribution < 1.29 is 9.13 Å². The van der Waals surface area contributed by atoms with Crippen LogP contribution in [0.1, 0.15) is 12.5 Å². The molecule has 0 saturated heterocycles. The fourth-order valence-electron chi connectivity index (χ4n) is 1.75. The maximum absolute atomic E-state index is 13.6. The van der Waals surface area contributed by atoms with Gasteiger partial charge in [0.25, 0.3) is 0 Å². The maximum Gasteiger partial charge on any atom is 0.209 e. The lowest BCUT2D eigenvalue weighted by atomic mass is 10.2. The van der Waals surface area contributed by atoms with Crippen LogP contribution in [0.15, 0.2) is 23.4 Å². The summed E-state index contributed by atoms with van der Waals surface area (Å²) < 4.78 is 20.3. The Balaban J connectivity index is 1.94. The fraction of sp³-hybridized carbons (Fsp3) is 0.462. The van der Waals surface area contributed by atoms with Crippen LogP contribution in [0.3, 0.4) is 0 Å². The number of tetrazole rings is 1. The van der Waals surface area contributed by atoms with Crippen LogP contribution in [0.5, 0.6) is 5.75 Å². The van der Waals surface area contributed by atoms with Crippen LogP contribution in [0.25, 0.3) is 0 Å². The normalized spacial score (nSPS) is 10.8. The van der Waals surface area contributed by atoms with Gasteiger partial charge in [0.15, 0.2) is 11.6 Å². The Morgan fingerprint density at radius 3 is 3.00 bits per heavy atom. The molecule has 1 N–H and O–H groups in total. The number of thioether (sulfide) groups is 1. The molecule has 0 aliphatic heterocycles. The standard InChI is InChI=1S/C13H18FN5OS/c1-3-15-6-7-19-13(16-17-18-19)21-9-10-4-5-12(20-2)11(14)8-10/h4-5,8,15H,3,6-7,9H2,1-2H3. The Hall–Kier alpha value is -1.67. The average Bonchev–Trinajstić information content (AvgIpc) is 2.93. The molecule has 0 bridgehead atoms. The second-order valence-electron chi connectivity index (χ2n) is 4.30. The van der Waals surface area contributed by atoms with E-state index in [1.807, 2.05) is 13.0 Å². The predicted octanol–water partition coefficient (Wildman–Crippen LogP) is 1.72. The molecule has 0 spiro atoms. The van der Waals surface area contributed by atoms with Crippen LogP contribution in [-0.2, 0) is 12.3 Å². The van der Waals surface area contributed by atoms with Crippen molar-refractivity contribution in [2.75, 3.05) is 20.2 Å². The lowest BCUT2D eigenvalue weighted by Crippen LogP contribution is -2.20. The molecule has 2 rings (SSSR count). The zero-order valence-electron chi connectivity index (χ0n) is 12.0. The Morgan fingerprint density at radius 1 is 1.43 bits per heavy atom. The lowest BCUT2D eigenvalue weighted by molar-refractivity contribution is 0.386. The quantitative estimate of drug-likeness (QED) is 0.591. The number of likely N-dealkylation sites (N-methyl/N-ethyl adjacent to an activating group) is 1. The van der Waals surface area contributed by atoms with Crippen molar-refractivity contribution in [3.8, 4) is 5.75 Å². The molecule has 6 nitrogen and oxygen atoms in total. The zero-order chi connectivity index (χ0) is 15.1. The van der Waals surface area contributed by atoms with Gasteiger partial charge < -0.3 is 10.1 Å². The van der Waals surface area contributed by atoms with E-state index in [2.05, 4.69) is 20.8 Å². The molecular formula is C13H18FN5OS. The number of benzene rings is 1. The van der Waals surface area contributed by atoms with Gasteiger partial charge in [-0.3, -0.25) is 0 Å². The molecule has 0 amide bonds. The van der Waals surface area contributed by atoms with Crippen LogP contribution in [0.4, 0.5) is 4.39 Å². The molecule has 2 aromatic rings. The first kappa shape index (κ1) is 15.7. The molecule has 0 saturated carbocycles. The fourth-order valence-corrected chi connectivity index (χ4v) is 2.60. The van der Waals surface area contributed by atoms with E-state index in [4.69, 9.17) is 4.74 Å². The van der Waals surface area contributed by atoms with Gasteiger partial charge in [0.1, 0.15) is 0 Å². The molecule has 114 valence electrons. The van der Waals surface area contributed by atoms with E-state index in [0.717, 1.165) is 23.8 Å². The van der Waals surface area contributed by atoms with Crippen LogP contribution in [0.2, 0.25) is 0 Å². The highest BCUT2D eigenvalue weighted by molar-refractivity contribution is 7.98. The van der Waals surface area contributed by atoms with Crippen LogP contribution in [-0.4, -0.2) is 40.4 Å². The summed E-state index contributed by atoms with van der Waals surface area (Å²) in [6, 6.07) is 4.93. The van der Waals surface area contributed by atoms with E-state index in [9.17, 15) is 4.39 Å². The highest BCUT2D eigenvalue weighted by Gasteiger charge is 2.08. The summed E-state index contributed by atoms with van der Waals surface area (Å²) in [5, 5.41) is 15.6. The molecule has 1 aromatic heterocycles. The number of hydrogen-bond donors (Lipinski definition) is 1. The Bertz CT molecular complexity index is 577. The van der Waals surface area contributed by atoms with Gasteiger partial charge in [0.2, 0.25) is 5.16 Å². The average molecular weight is 311 g/mol. The molecule has 0 radical (unpaired) electrons. The van der Waals surface area contributed by atoms with Crippen molar-refractivity contribution in [3.63, 3.8) is 0 Å². The van der Waals surface area contributed by atoms with E-state index in [1.54, 1.807) is 10.7 Å². The Morgan fingerprint density at radius 2 is 2.29 bits per heavy atom. The number of methoxy groups -OCH3 is 1. The third-order valence-corrected chi connectivity index (χ3v) is 3.86. The SMILES string of the molecule is CCNCCn1nnnc1SCc1ccc(OC)c(F)c1. The van der Waals surface area contributed by atoms with Crippen LogP contribution < -0.4 is 10.1 Å². The van der Waals surface area contributed by atoms with Gasteiger partial charge in [-0.1, -0.05) is 24.8 Å². The van der Waals surface area contributed by atoms with E-state index >= 15 is 0 Å². The summed E-state index contributed by atoms with van der Waals surface area (Å²) in [6.07, 6.45) is 0. The monoisotopic (exact) mass is 311 g/mol. The van der Waals surface area contributed by atoms with Crippen LogP contribution in [0, 0.1) is 5.82 Å². The third-order valence-electron chi connectivity index (χ3n) is 2.83. The van der Waals surface area contributed by atoms with Crippen molar-refractivity contribution in [2.24, 2.45) is 0 Å². The molecule has 0 aliphatic rings. The van der Waals surface area contributed by atoms with Gasteiger partial charge in [0, 0.05) is 12.3 Å². The second-order valence-corrected chi connectivity index (χ2v) is 5.24. The molecule has 0 fully saturated rings. The van der Waals surface area contributed by atoms with Crippen molar-refractivity contribution in [1.82, 2.24) is 25.5 Å². The van der Waals surface area contributed by atoms with E-state index in [1.165, 1.54) is 24.9 Å². The largest absolute Gasteiger partial charge is 0.494 e. The summed E-state index contributed by atoms with van der Waals surface area (Å²) in [5.41, 5.74) is 0.861. The number of aromatic nitrogens is 4. The third kappa shape index (κ3) is 4.40. The number of ether oxygens (including phenoxy) is 1. The molecule has 0 unspecified atom stereocenters. The number of nitrogens with one attached hydrogen (secondary N) is 1. The number of halogens is 1. The smallest absolute Gasteiger partial charge is 0.209 e. The number of nitrogens with zero attached hydrogens (tertiary/aromatic N) is 4. The second kappa shape index (κ2) is 7.94. The lowest BCUT2D eigenvalue weighted by Gasteiger charge is -2.06. The summed E-state index contributed by atoms with van der Waals surface area (Å²) in [7, 11) is 1.45. The van der Waals surface area contributed by atoms with E-state index < -0.39 is 0 Å². The highest BCUT2D eigenvalue weighted by atomic mass is 32.2. The molecule has 1 heterocycles. The first-order valence-electron chi connectivity index (χ1n) is 6.66. The van der Waals surface area contributed by atoms with E-state index in [0.29, 0.717) is 12.3 Å². The molecular weight excluding hydrogens is 293 g/mol. The van der Waals surface area contributed by atoms with Gasteiger partial charge in [-0.15, -0.1) is 5.10 Å². The molecule has 0 atom stereocenters. The molecule has 0 aliphatic carbocycles. The minimum Gasteiger partial charge on any atom is -0.494 e. The van der Waals surface area contributed by atoms with Crippen LogP contribution >= 0.6 is 11.8 Å². The van der Waals surface area contributed by atoms with Gasteiger partial charge in [-0.05, 0) is 34.7 Å². The van der Waals surface area contributed by atoms with Gasteiger partial charge in [-0.2, -0.15) is 0 Å². The van der Waals surface area contributed by atoms with Crippen molar-refractivity contribution in [3.05, 3.63) is 29.6 Å². The van der Waals surface area contributed by atoms with E-state index in [-0.39, 0.29) is 11.6 Å². The van der Waals surface area contributed by atoms with Crippen molar-refractivity contribution >= 4 is 11.8 Å². The number of rotatable bonds is 8. The minimum absolute atomic E-state index is 0.249. The van der Waals surface area contributed by atoms with Gasteiger partial charge >= 0.3 is 0 Å². The summed E-state index contributed by atoms with van der Waals surface area (Å²) in [6.45, 7) is 4.48. The number of hydrogen-bond acceptors (Lipinski definition) is 6. The zero-order valence-corrected chi connectivity index (χ0v) is 12.9. The predicted molar refractivity (Wildman–Crippen MR) is 78.9 cm³/mol. The first-order valence-corrected chi connectivity index (χ1v) is 7.65. The summed E-state index contributed by atoms with van der Waals surface area (Å²) in [4.78, 5) is 0. The topological polar surface area (TPSA) is 64.9 Å². The maximum atomic E-state index is 13.6. The Labute approximate surface area is 127 Å². The van der Waals surface area contributed by atoms with Crippen molar-refractivity contribution in [1.29, 1.82) is 0 Å². The molecule has 8 heteroatoms. The highest BCUT2D eigenvalue weighted by Crippen LogP contribution is 2.23. The summed E-state index contributed by atoms with van der Waals surface area (Å²) in [5.74, 6) is 0.490. The van der Waals surface area contributed by atoms with Gasteiger partial charge in [-0.25, -0.2) is 9.07 Å². The van der Waals surface area contributed by atoms with Crippen molar-refractivity contribution in [2.45, 2.75) is 24.4 Å². The Kier molecular flexibility index (Phi) is 5.94. The minimum atomic E-state index is -0.359. The first-order chi connectivity index (χ1) is 10.2. The molecule has 21 heavy (non-hydrogen) atoms. The van der Waals surface area contributed by atoms with Gasteiger partial charge in [0.05, 0.1) is 13.7 Å². The molecule has 1 aromatic carbocycles. The summed E-state index contributed by atoms with van der Waals surface area (Å²) >= 11 is 1.48.